The summed E-state index contributed by atoms with van der Waals surface area (Å²) in [6.07, 6.45) is 8.92. The van der Waals surface area contributed by atoms with E-state index in [0.29, 0.717) is 23.6 Å². The molecule has 0 unspecified atom stereocenters. The van der Waals surface area contributed by atoms with Gasteiger partial charge in [-0.15, -0.1) is 0 Å². The summed E-state index contributed by atoms with van der Waals surface area (Å²) in [6.45, 7) is 17.6. The zero-order valence-electron chi connectivity index (χ0n) is 43.5. The van der Waals surface area contributed by atoms with Crippen molar-refractivity contribution in [1.29, 1.82) is 0 Å². The average Bonchev–Trinajstić information content (AvgIpc) is 3.90. The first kappa shape index (κ1) is 53.9. The highest BCUT2D eigenvalue weighted by atomic mass is 16.5. The molecular formula is C57H68N10O7. The Bertz CT molecular complexity index is 3030. The smallest absolute Gasteiger partial charge is 0.328 e. The van der Waals surface area contributed by atoms with Crippen LogP contribution in [0, 0.1) is 41.5 Å². The van der Waals surface area contributed by atoms with E-state index in [1.54, 1.807) is 23.7 Å². The van der Waals surface area contributed by atoms with Crippen molar-refractivity contribution in [3.05, 3.63) is 142 Å². The predicted molar refractivity (Wildman–Crippen MR) is 287 cm³/mol. The van der Waals surface area contributed by atoms with Crippen LogP contribution in [0.5, 0.6) is 0 Å². The highest BCUT2D eigenvalue weighted by Crippen LogP contribution is 2.34. The molecule has 2 aromatic heterocycles. The Morgan fingerprint density at radius 1 is 0.622 bits per heavy atom. The Balaban J connectivity index is 0.000000217. The number of hydrazine groups is 2. The van der Waals surface area contributed by atoms with Crippen LogP contribution in [0.1, 0.15) is 106 Å². The summed E-state index contributed by atoms with van der Waals surface area (Å²) in [7, 11) is 0. The molecule has 0 aliphatic carbocycles. The SMILES string of the molecule is CCOC(=O)CC(=O)Nc1cccc(-c2c(C)c(C(=O)NN3CCCCC3)nn2-c2ccc(C)cc2C)c1.Cc1ccc(-n2nc(C(=O)NN3CCCCC3)c(C)c2-c2cccc(NC/C=C/C(=O)O)c2)c(C)c1. The predicted octanol–water partition coefficient (Wildman–Crippen LogP) is 9.13. The molecule has 74 heavy (non-hydrogen) atoms. The molecule has 388 valence electrons. The van der Waals surface area contributed by atoms with E-state index >= 15 is 0 Å². The van der Waals surface area contributed by atoms with Crippen LogP contribution in [-0.4, -0.2) is 104 Å². The quantitative estimate of drug-likeness (QED) is 0.0350. The lowest BCUT2D eigenvalue weighted by atomic mass is 10.0. The average molecular weight is 1010 g/mol. The van der Waals surface area contributed by atoms with Crippen LogP contribution in [0.2, 0.25) is 0 Å². The number of hydrogen-bond donors (Lipinski definition) is 5. The van der Waals surface area contributed by atoms with Crippen LogP contribution in [0.3, 0.4) is 0 Å². The third-order valence-corrected chi connectivity index (χ3v) is 12.9. The number of aliphatic carboxylic acids is 1. The van der Waals surface area contributed by atoms with E-state index in [9.17, 15) is 24.0 Å². The molecule has 0 saturated carbocycles. The zero-order chi connectivity index (χ0) is 52.9. The number of amides is 3. The van der Waals surface area contributed by atoms with Crippen molar-refractivity contribution in [2.75, 3.05) is 50.0 Å². The van der Waals surface area contributed by atoms with Gasteiger partial charge in [0.15, 0.2) is 11.4 Å². The number of hydrogen-bond acceptors (Lipinski definition) is 11. The number of nitrogens with zero attached hydrogens (tertiary/aromatic N) is 6. The topological polar surface area (TPSA) is 205 Å². The lowest BCUT2D eigenvalue weighted by Gasteiger charge is -2.26. The molecule has 8 rings (SSSR count). The number of aromatic nitrogens is 4. The Hall–Kier alpha value is -7.89. The Morgan fingerprint density at radius 3 is 1.55 bits per heavy atom. The molecule has 0 spiro atoms. The number of rotatable bonds is 16. The summed E-state index contributed by atoms with van der Waals surface area (Å²) in [6, 6.07) is 27.4. The number of carbonyl (C=O) groups is 5. The van der Waals surface area contributed by atoms with E-state index in [1.165, 1.54) is 12.8 Å². The minimum absolute atomic E-state index is 0.202. The summed E-state index contributed by atoms with van der Waals surface area (Å²) in [4.78, 5) is 61.5. The fourth-order valence-electron chi connectivity index (χ4n) is 9.35. The number of ether oxygens (including phenoxy) is 1. The van der Waals surface area contributed by atoms with Gasteiger partial charge in [-0.05, 0) is 122 Å². The van der Waals surface area contributed by atoms with E-state index in [-0.39, 0.29) is 24.8 Å². The number of anilines is 2. The van der Waals surface area contributed by atoms with Gasteiger partial charge in [0.2, 0.25) is 5.91 Å². The summed E-state index contributed by atoms with van der Waals surface area (Å²) in [5.41, 5.74) is 19.2. The minimum Gasteiger partial charge on any atom is -0.478 e. The largest absolute Gasteiger partial charge is 0.478 e. The van der Waals surface area contributed by atoms with E-state index in [2.05, 4.69) is 40.5 Å². The van der Waals surface area contributed by atoms with E-state index in [0.717, 1.165) is 131 Å². The molecule has 0 radical (unpaired) electrons. The van der Waals surface area contributed by atoms with Crippen molar-refractivity contribution in [3.63, 3.8) is 0 Å². The van der Waals surface area contributed by atoms with Gasteiger partial charge in [0.05, 0.1) is 29.4 Å². The van der Waals surface area contributed by atoms with Crippen molar-refractivity contribution in [1.82, 2.24) is 40.4 Å². The Morgan fingerprint density at radius 2 is 1.09 bits per heavy atom. The molecule has 4 aromatic carbocycles. The summed E-state index contributed by atoms with van der Waals surface area (Å²) >= 11 is 0. The molecule has 2 fully saturated rings. The standard InChI is InChI=1S/C29H35N5O4.C28H33N5O3/c1-5-38-26(36)18-25(35)30-23-11-9-10-22(17-23)28-21(4)27(29(37)32-33-14-7-6-8-15-33)31-34(28)24-13-12-19(2)16-20(24)3;1-19-12-13-24(20(2)17-19)33-27(22-9-7-10-23(18-22)29-14-8-11-25(34)35)21(3)26(30-33)28(36)31-32-15-5-4-6-16-32/h9-13,16-17H,5-8,14-15,18H2,1-4H3,(H,30,35)(H,32,37);7-13,17-18,29H,4-6,14-16H2,1-3H3,(H,31,36)(H,34,35)/b;11-8+. The first-order valence-corrected chi connectivity index (χ1v) is 25.4. The molecule has 0 bridgehead atoms. The number of carbonyl (C=O) groups excluding carboxylic acids is 4. The zero-order valence-corrected chi connectivity index (χ0v) is 43.5. The van der Waals surface area contributed by atoms with Crippen molar-refractivity contribution < 1.29 is 33.8 Å². The number of aryl methyl sites for hydroxylation is 4. The fraction of sp³-hybridized carbons (Fsp3) is 0.351. The van der Waals surface area contributed by atoms with Crippen LogP contribution >= 0.6 is 0 Å². The minimum atomic E-state index is -0.978. The summed E-state index contributed by atoms with van der Waals surface area (Å²) in [5, 5.41) is 28.3. The molecule has 4 heterocycles. The Kier molecular flexibility index (Phi) is 18.3. The maximum absolute atomic E-state index is 13.3. The van der Waals surface area contributed by atoms with Crippen molar-refractivity contribution in [2.45, 2.75) is 93.4 Å². The maximum atomic E-state index is 13.3. The van der Waals surface area contributed by atoms with Crippen molar-refractivity contribution in [3.8, 4) is 33.9 Å². The highest BCUT2D eigenvalue weighted by Gasteiger charge is 2.27. The van der Waals surface area contributed by atoms with E-state index in [1.807, 2.05) is 116 Å². The lowest BCUT2D eigenvalue weighted by Crippen LogP contribution is -2.45. The van der Waals surface area contributed by atoms with Gasteiger partial charge in [0.25, 0.3) is 11.8 Å². The van der Waals surface area contributed by atoms with E-state index in [4.69, 9.17) is 20.0 Å². The first-order valence-electron chi connectivity index (χ1n) is 25.4. The summed E-state index contributed by atoms with van der Waals surface area (Å²) < 4.78 is 8.53. The molecule has 5 N–H and O–H groups in total. The molecule has 2 saturated heterocycles. The van der Waals surface area contributed by atoms with Gasteiger partial charge < -0.3 is 20.5 Å². The van der Waals surface area contributed by atoms with Crippen LogP contribution in [-0.2, 0) is 19.1 Å². The Labute approximate surface area is 432 Å². The molecule has 2 aliphatic rings. The van der Waals surface area contributed by atoms with Gasteiger partial charge in [0.1, 0.15) is 6.42 Å². The van der Waals surface area contributed by atoms with Crippen LogP contribution in [0.25, 0.3) is 33.9 Å². The normalized spacial score (nSPS) is 13.9. The number of piperidine rings is 2. The van der Waals surface area contributed by atoms with Gasteiger partial charge in [-0.1, -0.05) is 78.6 Å². The van der Waals surface area contributed by atoms with E-state index < -0.39 is 17.8 Å². The second kappa shape index (κ2) is 25.2. The molecule has 6 aromatic rings. The van der Waals surface area contributed by atoms with Crippen LogP contribution in [0.4, 0.5) is 11.4 Å². The van der Waals surface area contributed by atoms with Gasteiger partial charge in [-0.3, -0.25) is 30.0 Å². The van der Waals surface area contributed by atoms with Gasteiger partial charge in [-0.2, -0.15) is 10.2 Å². The molecular weight excluding hydrogens is 937 g/mol. The molecule has 3 amide bonds. The lowest BCUT2D eigenvalue weighted by molar-refractivity contribution is -0.145. The number of carboxylic acid groups (broad SMARTS) is 1. The number of esters is 1. The van der Waals surface area contributed by atoms with Crippen LogP contribution < -0.4 is 21.5 Å². The molecule has 17 heteroatoms. The van der Waals surface area contributed by atoms with Crippen molar-refractivity contribution >= 4 is 41.0 Å². The maximum Gasteiger partial charge on any atom is 0.328 e. The summed E-state index contributed by atoms with van der Waals surface area (Å²) in [5.74, 6) is -2.45. The second-order valence-electron chi connectivity index (χ2n) is 18.8. The molecule has 17 nitrogen and oxygen atoms in total. The fourth-order valence-corrected chi connectivity index (χ4v) is 9.35. The van der Waals surface area contributed by atoms with Gasteiger partial charge >= 0.3 is 11.9 Å². The van der Waals surface area contributed by atoms with Gasteiger partial charge in [-0.25, -0.2) is 24.2 Å². The third-order valence-electron chi connectivity index (χ3n) is 12.9. The monoisotopic (exact) mass is 1000 g/mol. The van der Waals surface area contributed by atoms with Gasteiger partial charge in [0, 0.05) is 72.4 Å². The highest BCUT2D eigenvalue weighted by molar-refractivity contribution is 6.02. The molecule has 2 aliphatic heterocycles. The third kappa shape index (κ3) is 13.8. The van der Waals surface area contributed by atoms with Crippen LogP contribution in [0.15, 0.2) is 97.1 Å². The second-order valence-corrected chi connectivity index (χ2v) is 18.8. The number of benzene rings is 4. The molecule has 0 atom stereocenters. The number of carboxylic acids is 1. The number of nitrogens with one attached hydrogen (secondary N) is 4. The first-order chi connectivity index (χ1) is 35.6. The van der Waals surface area contributed by atoms with Crippen molar-refractivity contribution in [2.24, 2.45) is 0 Å².